The lowest BCUT2D eigenvalue weighted by Crippen LogP contribution is -1.95. The van der Waals surface area contributed by atoms with Crippen molar-refractivity contribution in [2.24, 2.45) is 10.2 Å². The zero-order valence-corrected chi connectivity index (χ0v) is 18.6. The molecule has 0 aliphatic rings. The van der Waals surface area contributed by atoms with Gasteiger partial charge in [0.05, 0.1) is 30.7 Å². The van der Waals surface area contributed by atoms with Crippen LogP contribution >= 0.6 is 11.3 Å². The molecule has 0 bridgehead atoms. The SMILES string of the molecule is CCOc1cc(F)ccc1-c1sc2c(N=NCc3ccc(OC)c(O)c3)ncnc2c1C#N. The largest absolute Gasteiger partial charge is 0.504 e. The fourth-order valence-corrected chi connectivity index (χ4v) is 4.40. The number of fused-ring (bicyclic) bond motifs is 1. The predicted octanol–water partition coefficient (Wildman–Crippen LogP) is 5.77. The molecule has 0 atom stereocenters. The Kier molecular flexibility index (Phi) is 6.42. The van der Waals surface area contributed by atoms with Crippen molar-refractivity contribution < 1.29 is 19.0 Å². The average molecular weight is 463 g/mol. The lowest BCUT2D eigenvalue weighted by molar-refractivity contribution is 0.340. The van der Waals surface area contributed by atoms with Crippen molar-refractivity contribution in [3.05, 3.63) is 59.7 Å². The molecule has 166 valence electrons. The number of phenols is 1. The minimum atomic E-state index is -0.430. The summed E-state index contributed by atoms with van der Waals surface area (Å²) in [5, 5.41) is 28.1. The fraction of sp³-hybridized carbons (Fsp3) is 0.174. The highest BCUT2D eigenvalue weighted by molar-refractivity contribution is 7.23. The zero-order valence-electron chi connectivity index (χ0n) is 17.7. The number of aromatic hydroxyl groups is 1. The van der Waals surface area contributed by atoms with Gasteiger partial charge in [0.25, 0.3) is 0 Å². The molecule has 0 unspecified atom stereocenters. The van der Waals surface area contributed by atoms with Crippen LogP contribution in [0.2, 0.25) is 0 Å². The van der Waals surface area contributed by atoms with Crippen molar-refractivity contribution in [1.29, 1.82) is 5.26 Å². The lowest BCUT2D eigenvalue weighted by Gasteiger charge is -2.09. The second kappa shape index (κ2) is 9.58. The molecule has 4 rings (SSSR count). The Labute approximate surface area is 192 Å². The van der Waals surface area contributed by atoms with E-state index in [9.17, 15) is 14.8 Å². The first kappa shape index (κ1) is 22.1. The first-order valence-electron chi connectivity index (χ1n) is 9.89. The van der Waals surface area contributed by atoms with Gasteiger partial charge in [-0.3, -0.25) is 0 Å². The van der Waals surface area contributed by atoms with E-state index in [1.165, 1.54) is 36.9 Å². The van der Waals surface area contributed by atoms with E-state index < -0.39 is 5.82 Å². The molecule has 0 spiro atoms. The van der Waals surface area contributed by atoms with Crippen molar-refractivity contribution in [2.75, 3.05) is 13.7 Å². The number of halogens is 1. The van der Waals surface area contributed by atoms with E-state index in [0.29, 0.717) is 50.1 Å². The summed E-state index contributed by atoms with van der Waals surface area (Å²) >= 11 is 1.27. The molecule has 2 heterocycles. The fourth-order valence-electron chi connectivity index (χ4n) is 3.24. The van der Waals surface area contributed by atoms with Crippen LogP contribution < -0.4 is 9.47 Å². The van der Waals surface area contributed by atoms with E-state index in [-0.39, 0.29) is 12.3 Å². The summed E-state index contributed by atoms with van der Waals surface area (Å²) in [5.41, 5.74) is 2.10. The summed E-state index contributed by atoms with van der Waals surface area (Å²) < 4.78 is 25.0. The molecule has 0 aliphatic heterocycles. The number of nitriles is 1. The molecule has 4 aromatic rings. The van der Waals surface area contributed by atoms with Crippen molar-refractivity contribution in [2.45, 2.75) is 13.5 Å². The maximum absolute atomic E-state index is 13.8. The summed E-state index contributed by atoms with van der Waals surface area (Å²) in [6.07, 6.45) is 1.32. The molecule has 33 heavy (non-hydrogen) atoms. The maximum Gasteiger partial charge on any atom is 0.195 e. The van der Waals surface area contributed by atoms with Crippen molar-refractivity contribution in [3.63, 3.8) is 0 Å². The number of nitrogens with zero attached hydrogens (tertiary/aromatic N) is 5. The third kappa shape index (κ3) is 4.44. The Morgan fingerprint density at radius 2 is 2.03 bits per heavy atom. The van der Waals surface area contributed by atoms with Crippen molar-refractivity contribution >= 4 is 27.4 Å². The van der Waals surface area contributed by atoms with E-state index in [0.717, 1.165) is 5.56 Å². The van der Waals surface area contributed by atoms with E-state index in [1.54, 1.807) is 31.2 Å². The Balaban J connectivity index is 1.72. The molecule has 10 heteroatoms. The molecule has 0 saturated carbocycles. The smallest absolute Gasteiger partial charge is 0.195 e. The number of thiophene rings is 1. The van der Waals surface area contributed by atoms with E-state index in [1.807, 2.05) is 0 Å². The molecule has 2 aromatic carbocycles. The van der Waals surface area contributed by atoms with Crippen molar-refractivity contribution in [3.8, 4) is 33.8 Å². The Morgan fingerprint density at radius 3 is 2.76 bits per heavy atom. The van der Waals surface area contributed by atoms with Gasteiger partial charge in [-0.05, 0) is 36.8 Å². The van der Waals surface area contributed by atoms with Gasteiger partial charge in [0.2, 0.25) is 0 Å². The minimum absolute atomic E-state index is 0.0144. The lowest BCUT2D eigenvalue weighted by atomic mass is 10.1. The van der Waals surface area contributed by atoms with Crippen LogP contribution in [0.1, 0.15) is 18.1 Å². The van der Waals surface area contributed by atoms with Gasteiger partial charge in [0.1, 0.15) is 34.2 Å². The van der Waals surface area contributed by atoms with Gasteiger partial charge >= 0.3 is 0 Å². The second-order valence-corrected chi connectivity index (χ2v) is 7.79. The van der Waals surface area contributed by atoms with Crippen LogP contribution in [0.4, 0.5) is 10.2 Å². The molecule has 0 fully saturated rings. The van der Waals surface area contributed by atoms with Crippen LogP contribution in [0.25, 0.3) is 20.7 Å². The third-order valence-electron chi connectivity index (χ3n) is 4.71. The minimum Gasteiger partial charge on any atom is -0.504 e. The number of aromatic nitrogens is 2. The van der Waals surface area contributed by atoms with E-state index >= 15 is 0 Å². The number of phenolic OH excluding ortho intramolecular Hbond substituents is 1. The number of methoxy groups -OCH3 is 1. The molecule has 0 aliphatic carbocycles. The van der Waals surface area contributed by atoms with Gasteiger partial charge in [0, 0.05) is 11.6 Å². The third-order valence-corrected chi connectivity index (χ3v) is 5.92. The van der Waals surface area contributed by atoms with Crippen LogP contribution in [-0.2, 0) is 6.54 Å². The molecular weight excluding hydrogens is 445 g/mol. The van der Waals surface area contributed by atoms with Gasteiger partial charge in [-0.2, -0.15) is 10.4 Å². The highest BCUT2D eigenvalue weighted by atomic mass is 32.1. The van der Waals surface area contributed by atoms with Crippen LogP contribution in [0.5, 0.6) is 17.2 Å². The normalized spacial score (nSPS) is 11.1. The molecule has 8 nitrogen and oxygen atoms in total. The Bertz CT molecular complexity index is 1400. The highest BCUT2D eigenvalue weighted by Gasteiger charge is 2.21. The van der Waals surface area contributed by atoms with Gasteiger partial charge in [0.15, 0.2) is 17.3 Å². The summed E-state index contributed by atoms with van der Waals surface area (Å²) in [6.45, 7) is 2.36. The summed E-state index contributed by atoms with van der Waals surface area (Å²) in [7, 11) is 1.48. The topological polar surface area (TPSA) is 113 Å². The summed E-state index contributed by atoms with van der Waals surface area (Å²) in [5.74, 6) is 0.610. The Hall–Kier alpha value is -4.10. The summed E-state index contributed by atoms with van der Waals surface area (Å²) in [6, 6.07) is 11.3. The number of benzene rings is 2. The van der Waals surface area contributed by atoms with Gasteiger partial charge in [-0.15, -0.1) is 16.5 Å². The second-order valence-electron chi connectivity index (χ2n) is 6.77. The quantitative estimate of drug-likeness (QED) is 0.348. The highest BCUT2D eigenvalue weighted by Crippen LogP contribution is 2.44. The monoisotopic (exact) mass is 463 g/mol. The number of ether oxygens (including phenoxy) is 2. The van der Waals surface area contributed by atoms with E-state index in [2.05, 4.69) is 26.3 Å². The van der Waals surface area contributed by atoms with E-state index in [4.69, 9.17) is 9.47 Å². The number of hydrogen-bond acceptors (Lipinski definition) is 9. The number of azo groups is 1. The average Bonchev–Trinajstić information content (AvgIpc) is 3.19. The molecule has 2 aromatic heterocycles. The predicted molar refractivity (Wildman–Crippen MR) is 122 cm³/mol. The van der Waals surface area contributed by atoms with Crippen LogP contribution in [0, 0.1) is 17.1 Å². The van der Waals surface area contributed by atoms with Crippen molar-refractivity contribution in [1.82, 2.24) is 9.97 Å². The molecule has 0 saturated heterocycles. The zero-order chi connectivity index (χ0) is 23.4. The molecule has 0 amide bonds. The standard InChI is InChI=1S/C23H18FN5O3S/c1-3-32-19-9-14(24)5-6-15(19)21-16(10-25)20-22(33-21)23(27-12-26-20)29-28-11-13-4-7-18(31-2)17(30)8-13/h4-9,12,30H,3,11H2,1-2H3. The number of rotatable bonds is 7. The van der Waals surface area contributed by atoms with Gasteiger partial charge in [-0.1, -0.05) is 6.07 Å². The first-order valence-corrected chi connectivity index (χ1v) is 10.7. The molecule has 0 radical (unpaired) electrons. The summed E-state index contributed by atoms with van der Waals surface area (Å²) in [4.78, 5) is 9.06. The maximum atomic E-state index is 13.8. The van der Waals surface area contributed by atoms with Crippen LogP contribution in [0.3, 0.4) is 0 Å². The number of hydrogen-bond donors (Lipinski definition) is 1. The van der Waals surface area contributed by atoms with Gasteiger partial charge in [-0.25, -0.2) is 14.4 Å². The molecule has 1 N–H and O–H groups in total. The van der Waals surface area contributed by atoms with Crippen LogP contribution in [-0.4, -0.2) is 28.8 Å². The van der Waals surface area contributed by atoms with Crippen LogP contribution in [0.15, 0.2) is 53.0 Å². The Morgan fingerprint density at radius 1 is 1.18 bits per heavy atom. The molecular formula is C23H18FN5O3S. The first-order chi connectivity index (χ1) is 16.0. The van der Waals surface area contributed by atoms with Gasteiger partial charge < -0.3 is 14.6 Å².